The van der Waals surface area contributed by atoms with Gasteiger partial charge < -0.3 is 20.9 Å². The van der Waals surface area contributed by atoms with Gasteiger partial charge in [-0.1, -0.05) is 38.0 Å². The fourth-order valence-electron chi connectivity index (χ4n) is 4.35. The highest BCUT2D eigenvalue weighted by Crippen LogP contribution is 2.50. The molecule has 0 aliphatic rings. The molecule has 1 aromatic heterocycles. The van der Waals surface area contributed by atoms with Crippen LogP contribution in [0.5, 0.6) is 11.5 Å². The summed E-state index contributed by atoms with van der Waals surface area (Å²) >= 11 is 0. The molecular formula is C26H28F3N5O4S. The number of hydrogen-bond donors (Lipinski definition) is 2. The van der Waals surface area contributed by atoms with E-state index in [0.717, 1.165) is 0 Å². The van der Waals surface area contributed by atoms with Gasteiger partial charge >= 0.3 is 15.5 Å². The third kappa shape index (κ3) is 5.24. The molecule has 0 aliphatic heterocycles. The van der Waals surface area contributed by atoms with Gasteiger partial charge in [-0.15, -0.1) is 6.42 Å². The number of sulfonamides is 1. The molecule has 0 aliphatic carbocycles. The summed E-state index contributed by atoms with van der Waals surface area (Å²) in [5.41, 5.74) is 4.26. The molecule has 2 aromatic carbocycles. The van der Waals surface area contributed by atoms with Gasteiger partial charge in [0.15, 0.2) is 11.5 Å². The van der Waals surface area contributed by atoms with Gasteiger partial charge in [0.25, 0.3) is 0 Å². The van der Waals surface area contributed by atoms with Crippen LogP contribution >= 0.6 is 0 Å². The number of para-hydroxylation sites is 1. The lowest BCUT2D eigenvalue weighted by atomic mass is 9.78. The highest BCUT2D eigenvalue weighted by molar-refractivity contribution is 7.93. The summed E-state index contributed by atoms with van der Waals surface area (Å²) in [7, 11) is -3.43. The average Bonchev–Trinajstić information content (AvgIpc) is 2.87. The molecule has 1 unspecified atom stereocenters. The summed E-state index contributed by atoms with van der Waals surface area (Å²) in [4.78, 5) is 7.87. The molecular weight excluding hydrogens is 535 g/mol. The molecule has 208 valence electrons. The molecule has 1 atom stereocenters. The molecule has 0 saturated heterocycles. The summed E-state index contributed by atoms with van der Waals surface area (Å²) in [6.07, 6.45) is 7.51. The van der Waals surface area contributed by atoms with Crippen molar-refractivity contribution >= 4 is 27.5 Å². The number of ether oxygens (including phenoxy) is 2. The van der Waals surface area contributed by atoms with Crippen molar-refractivity contribution in [2.45, 2.75) is 31.3 Å². The molecule has 4 N–H and O–H groups in total. The Bertz CT molecular complexity index is 1490. The predicted octanol–water partition coefficient (Wildman–Crippen LogP) is 4.09. The van der Waals surface area contributed by atoms with Gasteiger partial charge in [0.1, 0.15) is 11.4 Å². The van der Waals surface area contributed by atoms with Crippen molar-refractivity contribution in [3.63, 3.8) is 0 Å². The van der Waals surface area contributed by atoms with E-state index in [4.69, 9.17) is 27.4 Å². The molecule has 0 radical (unpaired) electrons. The van der Waals surface area contributed by atoms with Crippen molar-refractivity contribution in [1.82, 2.24) is 9.97 Å². The van der Waals surface area contributed by atoms with E-state index in [1.807, 2.05) is 0 Å². The van der Waals surface area contributed by atoms with Crippen LogP contribution in [0.1, 0.15) is 30.5 Å². The van der Waals surface area contributed by atoms with E-state index in [9.17, 15) is 21.6 Å². The number of nitrogens with two attached hydrogens (primary N) is 2. The number of methoxy groups -OCH3 is 2. The minimum absolute atomic E-state index is 0.0345. The predicted molar refractivity (Wildman–Crippen MR) is 142 cm³/mol. The van der Waals surface area contributed by atoms with Crippen LogP contribution in [0.4, 0.5) is 30.6 Å². The summed E-state index contributed by atoms with van der Waals surface area (Å²) < 4.78 is 80.3. The largest absolute Gasteiger partial charge is 0.516 e. The minimum atomic E-state index is -6.04. The Hall–Kier alpha value is -4.18. The number of halogens is 3. The monoisotopic (exact) mass is 563 g/mol. The van der Waals surface area contributed by atoms with E-state index in [2.05, 4.69) is 15.9 Å². The maximum atomic E-state index is 14.2. The van der Waals surface area contributed by atoms with E-state index in [1.165, 1.54) is 70.7 Å². The number of aromatic nitrogens is 2. The van der Waals surface area contributed by atoms with E-state index < -0.39 is 27.0 Å². The lowest BCUT2D eigenvalue weighted by Gasteiger charge is -2.44. The van der Waals surface area contributed by atoms with Gasteiger partial charge in [-0.3, -0.25) is 0 Å². The van der Waals surface area contributed by atoms with E-state index in [0.29, 0.717) is 11.1 Å². The molecule has 9 nitrogen and oxygen atoms in total. The second kappa shape index (κ2) is 10.9. The number of rotatable bonds is 9. The van der Waals surface area contributed by atoms with Crippen molar-refractivity contribution in [2.75, 3.05) is 30.0 Å². The van der Waals surface area contributed by atoms with Crippen LogP contribution in [0, 0.1) is 18.3 Å². The number of anilines is 3. The Kier molecular flexibility index (Phi) is 8.21. The Morgan fingerprint density at radius 3 is 2.23 bits per heavy atom. The van der Waals surface area contributed by atoms with E-state index >= 15 is 0 Å². The van der Waals surface area contributed by atoms with Crippen LogP contribution < -0.4 is 25.2 Å². The Morgan fingerprint density at radius 2 is 1.74 bits per heavy atom. The zero-order valence-corrected chi connectivity index (χ0v) is 22.5. The average molecular weight is 564 g/mol. The zero-order valence-electron chi connectivity index (χ0n) is 21.7. The summed E-state index contributed by atoms with van der Waals surface area (Å²) in [6.45, 7) is 3.04. The fourth-order valence-corrected chi connectivity index (χ4v) is 5.70. The highest BCUT2D eigenvalue weighted by Gasteiger charge is 2.58. The molecule has 39 heavy (non-hydrogen) atoms. The molecule has 3 rings (SSSR count). The summed E-state index contributed by atoms with van der Waals surface area (Å²) in [6, 6.07) is 9.87. The van der Waals surface area contributed by atoms with E-state index in [1.54, 1.807) is 6.07 Å². The molecule has 0 amide bonds. The van der Waals surface area contributed by atoms with Crippen LogP contribution in [-0.4, -0.2) is 38.1 Å². The summed E-state index contributed by atoms with van der Waals surface area (Å²) in [5.74, 6) is 1.62. The van der Waals surface area contributed by atoms with Gasteiger partial charge in [0, 0.05) is 23.7 Å². The van der Waals surface area contributed by atoms with Gasteiger partial charge in [0.05, 0.1) is 19.9 Å². The second-order valence-corrected chi connectivity index (χ2v) is 10.6. The normalized spacial score (nSPS) is 13.4. The zero-order chi connectivity index (χ0) is 29.2. The SMILES string of the molecule is C#CC(c1cc(Cc2cnc(N)nc2N)cc(OC)c1OC)(C(C)C)N(c1ccccc1)S(=O)(=O)C(F)(F)F. The highest BCUT2D eigenvalue weighted by atomic mass is 32.2. The Labute approximate surface area is 225 Å². The topological polar surface area (TPSA) is 134 Å². The number of terminal acetylenes is 1. The quantitative estimate of drug-likeness (QED) is 0.372. The van der Waals surface area contributed by atoms with Crippen molar-refractivity contribution < 1.29 is 31.1 Å². The second-order valence-electron chi connectivity index (χ2n) is 8.81. The summed E-state index contributed by atoms with van der Waals surface area (Å²) in [5, 5.41) is 0. The molecule has 3 aromatic rings. The van der Waals surface area contributed by atoms with Crippen LogP contribution in [-0.2, 0) is 22.0 Å². The lowest BCUT2D eigenvalue weighted by Crippen LogP contribution is -2.56. The van der Waals surface area contributed by atoms with Crippen LogP contribution in [0.15, 0.2) is 48.7 Å². The maximum Gasteiger partial charge on any atom is 0.516 e. The number of nitrogen functional groups attached to an aromatic ring is 2. The standard InChI is InChI=1S/C26H28F3N5O4S/c1-6-25(16(2)3,34(19-10-8-7-9-11-19)39(35,36)26(27,28)29)20-13-17(14-21(37-4)22(20)38-5)12-18-15-32-24(31)33-23(18)30/h1,7-11,13-16H,12H2,2-5H3,(H4,30,31,32,33). The molecule has 0 saturated carbocycles. The van der Waals surface area contributed by atoms with Crippen molar-refractivity contribution in [3.05, 3.63) is 65.4 Å². The van der Waals surface area contributed by atoms with Gasteiger partial charge in [0.2, 0.25) is 5.95 Å². The first kappa shape index (κ1) is 29.4. The lowest BCUT2D eigenvalue weighted by molar-refractivity contribution is -0.0444. The maximum absolute atomic E-state index is 14.2. The first-order valence-corrected chi connectivity index (χ1v) is 12.9. The van der Waals surface area contributed by atoms with Crippen molar-refractivity contribution in [2.24, 2.45) is 5.92 Å². The van der Waals surface area contributed by atoms with Crippen LogP contribution in [0.25, 0.3) is 0 Å². The van der Waals surface area contributed by atoms with E-state index in [-0.39, 0.29) is 45.2 Å². The number of alkyl halides is 3. The van der Waals surface area contributed by atoms with Gasteiger partial charge in [-0.25, -0.2) is 9.29 Å². The van der Waals surface area contributed by atoms with Gasteiger partial charge in [-0.05, 0) is 35.7 Å². The third-order valence-corrected chi connectivity index (χ3v) is 7.72. The van der Waals surface area contributed by atoms with Crippen molar-refractivity contribution in [1.29, 1.82) is 0 Å². The molecule has 0 spiro atoms. The van der Waals surface area contributed by atoms with Crippen LogP contribution in [0.3, 0.4) is 0 Å². The Balaban J connectivity index is 2.45. The van der Waals surface area contributed by atoms with Gasteiger partial charge in [-0.2, -0.15) is 26.6 Å². The first-order chi connectivity index (χ1) is 18.2. The number of hydrogen-bond acceptors (Lipinski definition) is 8. The molecule has 0 bridgehead atoms. The molecule has 1 heterocycles. The fraction of sp³-hybridized carbons (Fsp3) is 0.308. The number of benzene rings is 2. The first-order valence-electron chi connectivity index (χ1n) is 11.5. The van der Waals surface area contributed by atoms with Crippen LogP contribution in [0.2, 0.25) is 0 Å². The minimum Gasteiger partial charge on any atom is -0.493 e. The third-order valence-electron chi connectivity index (χ3n) is 6.16. The number of nitrogens with zero attached hydrogens (tertiary/aromatic N) is 3. The molecule has 13 heteroatoms. The smallest absolute Gasteiger partial charge is 0.493 e. The molecule has 0 fully saturated rings. The van der Waals surface area contributed by atoms with Crippen molar-refractivity contribution in [3.8, 4) is 23.8 Å². The Morgan fingerprint density at radius 1 is 1.10 bits per heavy atom.